The zero-order chi connectivity index (χ0) is 26.3. The average molecular weight is 599 g/mol. The molecule has 0 N–H and O–H groups in total. The van der Waals surface area contributed by atoms with Crippen LogP contribution in [0.2, 0.25) is 0 Å². The first-order chi connectivity index (χ1) is 16.1. The molecule has 0 saturated carbocycles. The molecular weight excluding hydrogens is 543 g/mol. The number of rotatable bonds is 8. The van der Waals surface area contributed by atoms with Crippen LogP contribution in [0.3, 0.4) is 0 Å². The third kappa shape index (κ3) is 14.8. The maximum atomic E-state index is 2.31. The zero-order valence-corrected chi connectivity index (χ0v) is 29.9. The summed E-state index contributed by atoms with van der Waals surface area (Å²) < 4.78 is 0. The summed E-state index contributed by atoms with van der Waals surface area (Å²) in [7, 11) is 2.06. The molecule has 0 heterocycles. The van der Waals surface area contributed by atoms with Gasteiger partial charge in [0.2, 0.25) is 0 Å². The minimum absolute atomic E-state index is 0. The van der Waals surface area contributed by atoms with Crippen LogP contribution in [0, 0.1) is 41.5 Å². The third-order valence-corrected chi connectivity index (χ3v) is 16.7. The summed E-state index contributed by atoms with van der Waals surface area (Å²) in [5, 5.41) is 3.13. The summed E-state index contributed by atoms with van der Waals surface area (Å²) in [6, 6.07) is 9.26. The Labute approximate surface area is 235 Å². The number of benzene rings is 2. The van der Waals surface area contributed by atoms with E-state index in [9.17, 15) is 0 Å². The van der Waals surface area contributed by atoms with Gasteiger partial charge in [-0.05, 0) is 98.9 Å². The van der Waals surface area contributed by atoms with Gasteiger partial charge in [-0.2, -0.15) is 0 Å². The Kier molecular flexibility index (Phi) is 22.9. The van der Waals surface area contributed by atoms with E-state index < -0.39 is 0 Å². The fraction of sp³-hybridized carbons (Fsp3) is 0.600. The number of hydrogen-bond donors (Lipinski definition) is 0. The van der Waals surface area contributed by atoms with Gasteiger partial charge in [0.05, 0.1) is 37.0 Å². The van der Waals surface area contributed by atoms with Gasteiger partial charge >= 0.3 is 0 Å². The van der Waals surface area contributed by atoms with E-state index in [0.29, 0.717) is 0 Å². The van der Waals surface area contributed by atoms with Gasteiger partial charge in [-0.15, -0.1) is 0 Å². The van der Waals surface area contributed by atoms with Crippen LogP contribution in [0.25, 0.3) is 0 Å². The van der Waals surface area contributed by atoms with E-state index in [1.165, 1.54) is 70.4 Å². The average Bonchev–Trinajstić information content (AvgIpc) is 2.78. The van der Waals surface area contributed by atoms with Crippen LogP contribution in [-0.2, 0) is 16.5 Å². The second kappa shape index (κ2) is 21.3. The number of hydrogen-bond acceptors (Lipinski definition) is 0. The van der Waals surface area contributed by atoms with E-state index in [0.717, 1.165) is 15.7 Å². The summed E-state index contributed by atoms with van der Waals surface area (Å²) in [5.74, 6) is 0. The van der Waals surface area contributed by atoms with Crippen LogP contribution in [0.5, 0.6) is 0 Å². The van der Waals surface area contributed by atoms with Crippen molar-refractivity contribution in [1.29, 1.82) is 0 Å². The molecule has 0 fully saturated rings. The molecule has 202 valence electrons. The first kappa shape index (κ1) is 37.5. The summed E-state index contributed by atoms with van der Waals surface area (Å²) in [4.78, 5) is 0. The van der Waals surface area contributed by atoms with Gasteiger partial charge in [0.25, 0.3) is 15.7 Å². The molecule has 2 aromatic rings. The molecule has 0 bridgehead atoms. The Hall–Kier alpha value is 0.394. The maximum Gasteiger partial charge on any atom is 0.296 e. The predicted molar refractivity (Wildman–Crippen MR) is 177 cm³/mol. The molecule has 35 heavy (non-hydrogen) atoms. The summed E-state index contributed by atoms with van der Waals surface area (Å²) >= 11 is 0. The van der Waals surface area contributed by atoms with Crippen molar-refractivity contribution in [2.75, 3.05) is 37.0 Å². The molecule has 5 heteroatoms. The van der Waals surface area contributed by atoms with Crippen molar-refractivity contribution in [3.63, 3.8) is 0 Å². The van der Waals surface area contributed by atoms with Crippen molar-refractivity contribution in [1.82, 2.24) is 0 Å². The minimum Gasteiger partial charge on any atom is -0.0518 e. The van der Waals surface area contributed by atoms with E-state index in [1.807, 2.05) is 0 Å². The van der Waals surface area contributed by atoms with E-state index >= 15 is 0 Å². The Morgan fingerprint density at radius 1 is 0.457 bits per heavy atom. The molecule has 0 aromatic heterocycles. The SMILES string of the molecule is CC[PH+](CC)CC.CC[PH+](CC)CC.Cc1cc(C)c(/[PH+]=[PH+]/c2c(C)cc(C)cc2C)c(C)c1.[Ni]. The molecule has 0 aliphatic rings. The quantitative estimate of drug-likeness (QED) is 0.210. The van der Waals surface area contributed by atoms with Crippen LogP contribution in [0.1, 0.15) is 74.9 Å². The smallest absolute Gasteiger partial charge is 0.0518 e. The Bertz CT molecular complexity index is 740. The number of aryl methyl sites for hydroxylation is 6. The largest absolute Gasteiger partial charge is 0.296 e. The minimum atomic E-state index is 0. The molecule has 2 rings (SSSR count). The van der Waals surface area contributed by atoms with Crippen LogP contribution in [0.4, 0.5) is 0 Å². The molecule has 0 spiro atoms. The van der Waals surface area contributed by atoms with Gasteiger partial charge in [-0.3, -0.25) is 0 Å². The Morgan fingerprint density at radius 3 is 0.800 bits per heavy atom. The molecule has 0 radical (unpaired) electrons. The Morgan fingerprint density at radius 2 is 0.657 bits per heavy atom. The fourth-order valence-corrected chi connectivity index (χ4v) is 11.8. The molecule has 0 nitrogen and oxygen atoms in total. The summed E-state index contributed by atoms with van der Waals surface area (Å²) in [6.07, 6.45) is 8.74. The van der Waals surface area contributed by atoms with E-state index in [4.69, 9.17) is 0 Å². The van der Waals surface area contributed by atoms with Crippen LogP contribution in [0.15, 0.2) is 24.3 Å². The maximum absolute atomic E-state index is 2.31. The van der Waals surface area contributed by atoms with Crippen molar-refractivity contribution in [2.45, 2.75) is 83.1 Å². The standard InChI is InChI=1S/C18H24P2.2C6H15P.Ni/c1-11-7-13(3)17(14(4)8-11)19-20-18-15(5)9-12(2)10-16(18)6;2*1-4-7(5-2)6-3;/h7-10,19-20H,1-6H3;2*4-6H2,1-3H3;/q+2;;;/p+2. The molecule has 0 aliphatic heterocycles. The normalized spacial score (nSPS) is 10.6. The summed E-state index contributed by atoms with van der Waals surface area (Å²) in [5.41, 5.74) is 8.57. The molecule has 0 aliphatic carbocycles. The third-order valence-electron chi connectivity index (χ3n) is 6.67. The van der Waals surface area contributed by atoms with Gasteiger partial charge in [0, 0.05) is 38.7 Å². The molecule has 2 unspecified atom stereocenters. The first-order valence-corrected chi connectivity index (χ1v) is 20.7. The van der Waals surface area contributed by atoms with Gasteiger partial charge in [0.1, 0.15) is 0 Å². The topological polar surface area (TPSA) is 0 Å². The predicted octanol–water partition coefficient (Wildman–Crippen LogP) is 9.28. The molecule has 0 saturated heterocycles. The monoisotopic (exact) mass is 598 g/mol. The second-order valence-electron chi connectivity index (χ2n) is 9.42. The molecule has 2 aromatic carbocycles. The van der Waals surface area contributed by atoms with E-state index in [1.54, 1.807) is 10.6 Å². The molecule has 2 atom stereocenters. The van der Waals surface area contributed by atoms with E-state index in [2.05, 4.69) is 107 Å². The van der Waals surface area contributed by atoms with Crippen molar-refractivity contribution in [2.24, 2.45) is 0 Å². The van der Waals surface area contributed by atoms with Gasteiger partial charge in [-0.25, -0.2) is 0 Å². The van der Waals surface area contributed by atoms with Gasteiger partial charge < -0.3 is 0 Å². The van der Waals surface area contributed by atoms with Gasteiger partial charge in [0.15, 0.2) is 10.6 Å². The Balaban J connectivity index is 0. The zero-order valence-electron chi connectivity index (χ0n) is 24.9. The first-order valence-electron chi connectivity index (χ1n) is 13.4. The molecule has 0 amide bonds. The summed E-state index contributed by atoms with van der Waals surface area (Å²) in [6.45, 7) is 27.2. The van der Waals surface area contributed by atoms with Crippen LogP contribution in [-0.4, -0.2) is 37.0 Å². The molecular formula is C30H56NiP4+4. The fourth-order valence-electron chi connectivity index (χ4n) is 4.38. The van der Waals surface area contributed by atoms with Crippen molar-refractivity contribution in [3.05, 3.63) is 57.6 Å². The van der Waals surface area contributed by atoms with Crippen molar-refractivity contribution >= 4 is 42.2 Å². The van der Waals surface area contributed by atoms with Crippen LogP contribution < -0.4 is 10.6 Å². The van der Waals surface area contributed by atoms with Crippen molar-refractivity contribution < 1.29 is 16.5 Å². The van der Waals surface area contributed by atoms with Crippen molar-refractivity contribution in [3.8, 4) is 0 Å². The second-order valence-corrected chi connectivity index (χ2v) is 19.7. The van der Waals surface area contributed by atoms with Gasteiger partial charge in [-0.1, -0.05) is 35.4 Å². The van der Waals surface area contributed by atoms with E-state index in [-0.39, 0.29) is 32.3 Å². The van der Waals surface area contributed by atoms with Crippen LogP contribution >= 0.6 is 31.6 Å².